The average molecular weight is 332 g/mol. The van der Waals surface area contributed by atoms with Gasteiger partial charge in [0.25, 0.3) is 5.56 Å². The van der Waals surface area contributed by atoms with E-state index in [9.17, 15) is 9.59 Å². The van der Waals surface area contributed by atoms with Gasteiger partial charge >= 0.3 is 0 Å². The summed E-state index contributed by atoms with van der Waals surface area (Å²) in [6.45, 7) is 2.97. The molecule has 1 N–H and O–H groups in total. The summed E-state index contributed by atoms with van der Waals surface area (Å²) in [5.41, 5.74) is 1.09. The second-order valence-corrected chi connectivity index (χ2v) is 5.68. The van der Waals surface area contributed by atoms with Crippen LogP contribution in [-0.4, -0.2) is 43.2 Å². The number of benzene rings is 1. The Kier molecular flexibility index (Phi) is 6.37. The standard InChI is InChI=1S/C18H24N2O4/c1-4-5-8-20(17(21)12-23-2)11-14-9-13-6-7-15(24-3)10-16(13)19-18(14)22/h6-7,9-10H,4-5,8,11-12H2,1-3H3,(H,19,22). The van der Waals surface area contributed by atoms with Crippen molar-refractivity contribution in [3.8, 4) is 5.75 Å². The molecule has 0 aliphatic rings. The van der Waals surface area contributed by atoms with Gasteiger partial charge in [0.1, 0.15) is 12.4 Å². The molecule has 0 bridgehead atoms. The van der Waals surface area contributed by atoms with E-state index in [1.54, 1.807) is 18.1 Å². The Hall–Kier alpha value is -2.34. The molecular formula is C18H24N2O4. The van der Waals surface area contributed by atoms with E-state index >= 15 is 0 Å². The lowest BCUT2D eigenvalue weighted by atomic mass is 10.1. The van der Waals surface area contributed by atoms with Gasteiger partial charge in [0, 0.05) is 25.3 Å². The van der Waals surface area contributed by atoms with Crippen LogP contribution >= 0.6 is 0 Å². The van der Waals surface area contributed by atoms with Crippen molar-refractivity contribution < 1.29 is 14.3 Å². The maximum atomic E-state index is 12.4. The molecule has 6 heteroatoms. The maximum Gasteiger partial charge on any atom is 0.253 e. The first-order chi connectivity index (χ1) is 11.6. The third-order valence-electron chi connectivity index (χ3n) is 3.89. The number of carbonyl (C=O) groups excluding carboxylic acids is 1. The number of nitrogens with zero attached hydrogens (tertiary/aromatic N) is 1. The summed E-state index contributed by atoms with van der Waals surface area (Å²) < 4.78 is 10.1. The number of carbonyl (C=O) groups is 1. The zero-order valence-corrected chi connectivity index (χ0v) is 14.4. The summed E-state index contributed by atoms with van der Waals surface area (Å²) in [4.78, 5) is 29.1. The van der Waals surface area contributed by atoms with Crippen LogP contribution in [0.25, 0.3) is 10.9 Å². The Bertz CT molecular complexity index is 754. The van der Waals surface area contributed by atoms with E-state index < -0.39 is 0 Å². The van der Waals surface area contributed by atoms with Crippen molar-refractivity contribution in [3.05, 3.63) is 40.2 Å². The molecule has 130 valence electrons. The van der Waals surface area contributed by atoms with Crippen LogP contribution < -0.4 is 10.3 Å². The zero-order chi connectivity index (χ0) is 17.5. The molecule has 1 aromatic carbocycles. The Labute approximate surface area is 141 Å². The third kappa shape index (κ3) is 4.35. The van der Waals surface area contributed by atoms with Gasteiger partial charge < -0.3 is 19.4 Å². The summed E-state index contributed by atoms with van der Waals surface area (Å²) in [5.74, 6) is 0.575. The molecular weight excluding hydrogens is 308 g/mol. The van der Waals surface area contributed by atoms with Crippen LogP contribution in [0.4, 0.5) is 0 Å². The molecule has 0 radical (unpaired) electrons. The molecule has 0 aliphatic carbocycles. The van der Waals surface area contributed by atoms with Crippen LogP contribution in [0.5, 0.6) is 5.75 Å². The minimum Gasteiger partial charge on any atom is -0.497 e. The van der Waals surface area contributed by atoms with Gasteiger partial charge in [-0.05, 0) is 30.0 Å². The van der Waals surface area contributed by atoms with E-state index in [0.717, 1.165) is 18.2 Å². The van der Waals surface area contributed by atoms with Gasteiger partial charge in [0.2, 0.25) is 5.91 Å². The second kappa shape index (κ2) is 8.49. The number of aromatic amines is 1. The van der Waals surface area contributed by atoms with Gasteiger partial charge in [0.05, 0.1) is 19.2 Å². The molecule has 0 spiro atoms. The normalized spacial score (nSPS) is 10.8. The fourth-order valence-corrected chi connectivity index (χ4v) is 2.53. The molecule has 0 saturated heterocycles. The number of H-pyrrole nitrogens is 1. The molecule has 0 fully saturated rings. The summed E-state index contributed by atoms with van der Waals surface area (Å²) in [6, 6.07) is 7.34. The first kappa shape index (κ1) is 18.0. The molecule has 1 amide bonds. The van der Waals surface area contributed by atoms with Crippen LogP contribution in [0.1, 0.15) is 25.3 Å². The number of unbranched alkanes of at least 4 members (excludes halogenated alkanes) is 1. The number of nitrogens with one attached hydrogen (secondary N) is 1. The second-order valence-electron chi connectivity index (χ2n) is 5.68. The summed E-state index contributed by atoms with van der Waals surface area (Å²) in [7, 11) is 3.08. The van der Waals surface area contributed by atoms with Crippen molar-refractivity contribution in [1.82, 2.24) is 9.88 Å². The number of rotatable bonds is 8. The molecule has 0 aliphatic heterocycles. The van der Waals surface area contributed by atoms with E-state index in [2.05, 4.69) is 11.9 Å². The highest BCUT2D eigenvalue weighted by Crippen LogP contribution is 2.19. The summed E-state index contributed by atoms with van der Waals surface area (Å²) >= 11 is 0. The van der Waals surface area contributed by atoms with Crippen molar-refractivity contribution >= 4 is 16.8 Å². The molecule has 0 unspecified atom stereocenters. The summed E-state index contributed by atoms with van der Waals surface area (Å²) in [5, 5.41) is 0.903. The van der Waals surface area contributed by atoms with Gasteiger partial charge in [-0.25, -0.2) is 0 Å². The van der Waals surface area contributed by atoms with E-state index in [0.29, 0.717) is 23.4 Å². The number of aromatic nitrogens is 1. The summed E-state index contributed by atoms with van der Waals surface area (Å²) in [6.07, 6.45) is 1.86. The molecule has 0 atom stereocenters. The van der Waals surface area contributed by atoms with Crippen molar-refractivity contribution in [2.24, 2.45) is 0 Å². The highest BCUT2D eigenvalue weighted by molar-refractivity contribution is 5.81. The van der Waals surface area contributed by atoms with E-state index in [-0.39, 0.29) is 24.6 Å². The number of methoxy groups -OCH3 is 2. The number of pyridine rings is 1. The number of ether oxygens (including phenoxy) is 2. The minimum atomic E-state index is -0.192. The first-order valence-corrected chi connectivity index (χ1v) is 8.05. The monoisotopic (exact) mass is 332 g/mol. The van der Waals surface area contributed by atoms with Crippen LogP contribution in [0, 0.1) is 0 Å². The van der Waals surface area contributed by atoms with Gasteiger partial charge in [-0.15, -0.1) is 0 Å². The smallest absolute Gasteiger partial charge is 0.253 e. The fraction of sp³-hybridized carbons (Fsp3) is 0.444. The Morgan fingerprint density at radius 1 is 1.25 bits per heavy atom. The zero-order valence-electron chi connectivity index (χ0n) is 14.4. The lowest BCUT2D eigenvalue weighted by molar-refractivity contribution is -0.135. The molecule has 24 heavy (non-hydrogen) atoms. The van der Waals surface area contributed by atoms with E-state index in [1.807, 2.05) is 18.2 Å². The predicted octanol–water partition coefficient (Wildman–Crippen LogP) is 2.31. The average Bonchev–Trinajstić information content (AvgIpc) is 2.58. The quantitative estimate of drug-likeness (QED) is 0.805. The highest BCUT2D eigenvalue weighted by atomic mass is 16.5. The van der Waals surface area contributed by atoms with Gasteiger partial charge in [-0.2, -0.15) is 0 Å². The van der Waals surface area contributed by atoms with Crippen LogP contribution in [0.15, 0.2) is 29.1 Å². The third-order valence-corrected chi connectivity index (χ3v) is 3.89. The van der Waals surface area contributed by atoms with Gasteiger partial charge in [-0.1, -0.05) is 13.3 Å². The van der Waals surface area contributed by atoms with Crippen molar-refractivity contribution in [1.29, 1.82) is 0 Å². The van der Waals surface area contributed by atoms with Crippen molar-refractivity contribution in [2.75, 3.05) is 27.4 Å². The van der Waals surface area contributed by atoms with Gasteiger partial charge in [0.15, 0.2) is 0 Å². The Morgan fingerprint density at radius 2 is 2.04 bits per heavy atom. The molecule has 2 rings (SSSR count). The number of amides is 1. The van der Waals surface area contributed by atoms with E-state index in [4.69, 9.17) is 9.47 Å². The number of hydrogen-bond donors (Lipinski definition) is 1. The lowest BCUT2D eigenvalue weighted by Crippen LogP contribution is -2.35. The Morgan fingerprint density at radius 3 is 2.71 bits per heavy atom. The fourth-order valence-electron chi connectivity index (χ4n) is 2.53. The van der Waals surface area contributed by atoms with Crippen LogP contribution in [0.2, 0.25) is 0 Å². The van der Waals surface area contributed by atoms with Crippen molar-refractivity contribution in [2.45, 2.75) is 26.3 Å². The highest BCUT2D eigenvalue weighted by Gasteiger charge is 2.15. The van der Waals surface area contributed by atoms with Crippen molar-refractivity contribution in [3.63, 3.8) is 0 Å². The molecule has 6 nitrogen and oxygen atoms in total. The molecule has 2 aromatic rings. The largest absolute Gasteiger partial charge is 0.497 e. The topological polar surface area (TPSA) is 71.6 Å². The van der Waals surface area contributed by atoms with Crippen LogP contribution in [0.3, 0.4) is 0 Å². The SMILES string of the molecule is CCCCN(Cc1cc2ccc(OC)cc2[nH]c1=O)C(=O)COC. The molecule has 1 aromatic heterocycles. The molecule has 0 saturated carbocycles. The number of fused-ring (bicyclic) bond motifs is 1. The number of hydrogen-bond acceptors (Lipinski definition) is 4. The van der Waals surface area contributed by atoms with Crippen LogP contribution in [-0.2, 0) is 16.1 Å². The Balaban J connectivity index is 2.30. The van der Waals surface area contributed by atoms with E-state index in [1.165, 1.54) is 7.11 Å². The lowest BCUT2D eigenvalue weighted by Gasteiger charge is -2.22. The molecule has 1 heterocycles. The predicted molar refractivity (Wildman–Crippen MR) is 93.3 cm³/mol. The maximum absolute atomic E-state index is 12.4. The first-order valence-electron chi connectivity index (χ1n) is 8.05. The van der Waals surface area contributed by atoms with Gasteiger partial charge in [-0.3, -0.25) is 9.59 Å². The minimum absolute atomic E-state index is 0.0202.